The van der Waals surface area contributed by atoms with Gasteiger partial charge in [-0.1, -0.05) is 333 Å². The molecule has 0 aromatic rings. The SMILES string of the molecule is CCCCCCCCCCCCCC/C=C\CCCCCCCCCCCCCCCCCCCC(=O)NC(COC1OC(CO)C(O)C(O)C1O)C(O)/C=C/CC/C=C/CCCCCCCCCCCCCCCCCCCCC. The Morgan fingerprint density at radius 1 is 0.407 bits per heavy atom. The Morgan fingerprint density at radius 3 is 1.04 bits per heavy atom. The van der Waals surface area contributed by atoms with Crippen molar-refractivity contribution in [3.63, 3.8) is 0 Å². The molecule has 9 nitrogen and oxygen atoms in total. The van der Waals surface area contributed by atoms with Crippen LogP contribution in [0.1, 0.15) is 361 Å². The summed E-state index contributed by atoms with van der Waals surface area (Å²) in [6.45, 7) is 3.82. The van der Waals surface area contributed by atoms with Gasteiger partial charge in [0, 0.05) is 6.42 Å². The number of nitrogens with one attached hydrogen (secondary N) is 1. The first-order valence-corrected chi connectivity index (χ1v) is 35.7. The summed E-state index contributed by atoms with van der Waals surface area (Å²) in [6, 6.07) is -0.822. The van der Waals surface area contributed by atoms with E-state index >= 15 is 0 Å². The zero-order valence-corrected chi connectivity index (χ0v) is 53.6. The third-order valence-electron chi connectivity index (χ3n) is 17.2. The quantitative estimate of drug-likeness (QED) is 0.0261. The smallest absolute Gasteiger partial charge is 0.220 e. The lowest BCUT2D eigenvalue weighted by Crippen LogP contribution is -2.60. The van der Waals surface area contributed by atoms with E-state index in [2.05, 4.69) is 43.5 Å². The fourth-order valence-corrected chi connectivity index (χ4v) is 11.6. The number of hydrogen-bond acceptors (Lipinski definition) is 8. The van der Waals surface area contributed by atoms with E-state index < -0.39 is 49.5 Å². The van der Waals surface area contributed by atoms with Crippen LogP contribution in [0, 0.1) is 0 Å². The normalized spacial score (nSPS) is 18.5. The van der Waals surface area contributed by atoms with Crippen LogP contribution < -0.4 is 5.32 Å². The number of aliphatic hydroxyl groups excluding tert-OH is 5. The number of carbonyl (C=O) groups excluding carboxylic acids is 1. The molecule has 0 aromatic heterocycles. The number of aliphatic hydroxyl groups is 5. The second kappa shape index (κ2) is 61.5. The Hall–Kier alpha value is -1.59. The second-order valence-corrected chi connectivity index (χ2v) is 25.0. The summed E-state index contributed by atoms with van der Waals surface area (Å²) in [5.74, 6) is -0.180. The average Bonchev–Trinajstić information content (AvgIpc) is 3.50. The number of carbonyl (C=O) groups is 1. The third kappa shape index (κ3) is 50.3. The summed E-state index contributed by atoms with van der Waals surface area (Å²) in [7, 11) is 0. The van der Waals surface area contributed by atoms with Gasteiger partial charge in [-0.25, -0.2) is 0 Å². The van der Waals surface area contributed by atoms with Crippen LogP contribution in [0.5, 0.6) is 0 Å². The van der Waals surface area contributed by atoms with Gasteiger partial charge in [-0.3, -0.25) is 4.79 Å². The largest absolute Gasteiger partial charge is 0.394 e. The summed E-state index contributed by atoms with van der Waals surface area (Å²) >= 11 is 0. The van der Waals surface area contributed by atoms with E-state index in [0.29, 0.717) is 6.42 Å². The van der Waals surface area contributed by atoms with Gasteiger partial charge in [0.15, 0.2) is 6.29 Å². The Morgan fingerprint density at radius 2 is 0.704 bits per heavy atom. The Labute approximate surface area is 501 Å². The molecule has 0 bridgehead atoms. The second-order valence-electron chi connectivity index (χ2n) is 25.0. The van der Waals surface area contributed by atoms with Crippen molar-refractivity contribution in [1.82, 2.24) is 5.32 Å². The highest BCUT2D eigenvalue weighted by molar-refractivity contribution is 5.76. The van der Waals surface area contributed by atoms with Crippen molar-refractivity contribution in [2.75, 3.05) is 13.2 Å². The Balaban J connectivity index is 2.12. The van der Waals surface area contributed by atoms with Crippen molar-refractivity contribution < 1.29 is 39.8 Å². The molecular formula is C72H137NO8. The van der Waals surface area contributed by atoms with Gasteiger partial charge in [0.2, 0.25) is 5.91 Å². The lowest BCUT2D eigenvalue weighted by atomic mass is 9.99. The summed E-state index contributed by atoms with van der Waals surface area (Å²) in [6.07, 6.45) is 75.5. The molecule has 1 aliphatic rings. The van der Waals surface area contributed by atoms with Crippen LogP contribution in [-0.4, -0.2) is 87.5 Å². The van der Waals surface area contributed by atoms with Gasteiger partial charge < -0.3 is 40.3 Å². The van der Waals surface area contributed by atoms with Gasteiger partial charge in [0.25, 0.3) is 0 Å². The van der Waals surface area contributed by atoms with Crippen molar-refractivity contribution in [3.05, 3.63) is 36.5 Å². The minimum Gasteiger partial charge on any atom is -0.394 e. The lowest BCUT2D eigenvalue weighted by molar-refractivity contribution is -0.302. The molecule has 0 saturated carbocycles. The van der Waals surface area contributed by atoms with Crippen LogP contribution in [0.4, 0.5) is 0 Å². The predicted molar refractivity (Wildman–Crippen MR) is 346 cm³/mol. The number of unbranched alkanes of at least 4 members (excludes halogenated alkanes) is 49. The van der Waals surface area contributed by atoms with Crippen molar-refractivity contribution in [1.29, 1.82) is 0 Å². The fourth-order valence-electron chi connectivity index (χ4n) is 11.6. The van der Waals surface area contributed by atoms with Crippen LogP contribution in [0.25, 0.3) is 0 Å². The summed E-state index contributed by atoms with van der Waals surface area (Å²) in [4.78, 5) is 13.1. The van der Waals surface area contributed by atoms with E-state index in [9.17, 15) is 30.3 Å². The summed E-state index contributed by atoms with van der Waals surface area (Å²) in [5, 5.41) is 54.7. The number of ether oxygens (including phenoxy) is 2. The van der Waals surface area contributed by atoms with Crippen molar-refractivity contribution in [2.24, 2.45) is 0 Å². The third-order valence-corrected chi connectivity index (χ3v) is 17.2. The first-order chi connectivity index (χ1) is 39.8. The zero-order valence-electron chi connectivity index (χ0n) is 53.6. The van der Waals surface area contributed by atoms with Gasteiger partial charge in [0.1, 0.15) is 24.4 Å². The highest BCUT2D eigenvalue weighted by Crippen LogP contribution is 2.23. The maximum Gasteiger partial charge on any atom is 0.220 e. The topological polar surface area (TPSA) is 149 Å². The number of hydrogen-bond donors (Lipinski definition) is 6. The minimum atomic E-state index is -1.57. The Kier molecular flexibility index (Phi) is 58.8. The van der Waals surface area contributed by atoms with Gasteiger partial charge in [-0.15, -0.1) is 0 Å². The van der Waals surface area contributed by atoms with Gasteiger partial charge in [-0.2, -0.15) is 0 Å². The van der Waals surface area contributed by atoms with Crippen molar-refractivity contribution in [2.45, 2.75) is 403 Å². The van der Waals surface area contributed by atoms with E-state index in [1.165, 1.54) is 302 Å². The van der Waals surface area contributed by atoms with Crippen LogP contribution in [0.2, 0.25) is 0 Å². The summed E-state index contributed by atoms with van der Waals surface area (Å²) in [5.41, 5.74) is 0. The fraction of sp³-hybridized carbons (Fsp3) is 0.903. The number of rotatable bonds is 63. The van der Waals surface area contributed by atoms with Crippen molar-refractivity contribution in [3.8, 4) is 0 Å². The molecule has 0 spiro atoms. The molecular weight excluding hydrogens is 1010 g/mol. The van der Waals surface area contributed by atoms with E-state index in [1.807, 2.05) is 6.08 Å². The van der Waals surface area contributed by atoms with Gasteiger partial charge >= 0.3 is 0 Å². The molecule has 1 amide bonds. The molecule has 1 saturated heterocycles. The molecule has 9 heteroatoms. The monoisotopic (exact) mass is 1140 g/mol. The first-order valence-electron chi connectivity index (χ1n) is 35.7. The van der Waals surface area contributed by atoms with Gasteiger partial charge in [0.05, 0.1) is 25.4 Å². The molecule has 1 heterocycles. The van der Waals surface area contributed by atoms with Crippen LogP contribution >= 0.6 is 0 Å². The minimum absolute atomic E-state index is 0.180. The predicted octanol–water partition coefficient (Wildman–Crippen LogP) is 19.4. The first kappa shape index (κ1) is 77.4. The molecule has 0 aliphatic carbocycles. The molecule has 1 fully saturated rings. The van der Waals surface area contributed by atoms with E-state index in [0.717, 1.165) is 38.5 Å². The van der Waals surface area contributed by atoms with E-state index in [4.69, 9.17) is 9.47 Å². The molecule has 1 aliphatic heterocycles. The van der Waals surface area contributed by atoms with Crippen LogP contribution in [0.3, 0.4) is 0 Å². The highest BCUT2D eigenvalue weighted by Gasteiger charge is 2.44. The van der Waals surface area contributed by atoms with Crippen LogP contribution in [0.15, 0.2) is 36.5 Å². The van der Waals surface area contributed by atoms with Crippen molar-refractivity contribution >= 4 is 5.91 Å². The average molecular weight is 1140 g/mol. The van der Waals surface area contributed by atoms with E-state index in [1.54, 1.807) is 6.08 Å². The highest BCUT2D eigenvalue weighted by atomic mass is 16.7. The maximum atomic E-state index is 13.1. The zero-order chi connectivity index (χ0) is 58.6. The standard InChI is InChI=1S/C72H137NO8/c1-3-5-7-9-11-13-15-17-19-21-23-25-27-29-30-31-32-33-34-35-36-38-40-42-44-46-48-50-52-54-56-58-60-62-68(76)73-65(64-80-72-71(79)70(78)69(77)67(63-74)81-72)66(75)61-59-57-55-53-51-49-47-45-43-41-39-37-28-26-24-22-20-18-16-14-12-10-8-6-4-2/h29-30,51,53,59,61,65-67,69-72,74-75,77-79H,3-28,31-50,52,54-58,60,62-64H2,1-2H3,(H,73,76)/b30-29-,53-51+,61-59+. The Bertz CT molecular complexity index is 1370. The molecule has 0 radical (unpaired) electrons. The molecule has 81 heavy (non-hydrogen) atoms. The molecule has 478 valence electrons. The molecule has 7 unspecified atom stereocenters. The van der Waals surface area contributed by atoms with Crippen LogP contribution in [-0.2, 0) is 14.3 Å². The number of amides is 1. The number of allylic oxidation sites excluding steroid dienone is 5. The molecule has 0 aromatic carbocycles. The molecule has 1 rings (SSSR count). The lowest BCUT2D eigenvalue weighted by Gasteiger charge is -2.40. The molecule has 7 atom stereocenters. The van der Waals surface area contributed by atoms with Gasteiger partial charge in [-0.05, 0) is 57.8 Å². The van der Waals surface area contributed by atoms with E-state index in [-0.39, 0.29) is 12.5 Å². The summed E-state index contributed by atoms with van der Waals surface area (Å²) < 4.78 is 11.3. The maximum absolute atomic E-state index is 13.1. The molecule has 6 N–H and O–H groups in total.